The van der Waals surface area contributed by atoms with E-state index in [1.807, 2.05) is 45.7 Å². The summed E-state index contributed by atoms with van der Waals surface area (Å²) in [5.74, 6) is 1.74. The highest BCUT2D eigenvalue weighted by molar-refractivity contribution is 7.71. The molecule has 5 nitrogen and oxygen atoms in total. The van der Waals surface area contributed by atoms with Crippen molar-refractivity contribution in [2.45, 2.75) is 19.8 Å². The van der Waals surface area contributed by atoms with Gasteiger partial charge in [0.25, 0.3) is 0 Å². The van der Waals surface area contributed by atoms with Crippen molar-refractivity contribution in [3.05, 3.63) is 77.6 Å². The highest BCUT2D eigenvalue weighted by Gasteiger charge is 2.14. The lowest BCUT2D eigenvalue weighted by molar-refractivity contribution is -0.917. The Kier molecular flexibility index (Phi) is 6.21. The molecule has 140 valence electrons. The zero-order valence-electron chi connectivity index (χ0n) is 15.8. The van der Waals surface area contributed by atoms with E-state index in [4.69, 9.17) is 22.1 Å². The van der Waals surface area contributed by atoms with E-state index < -0.39 is 0 Å². The molecule has 3 rings (SSSR count). The lowest BCUT2D eigenvalue weighted by Crippen LogP contribution is -3.07. The van der Waals surface area contributed by atoms with Crippen molar-refractivity contribution in [3.63, 3.8) is 0 Å². The number of ether oxygens (including phenoxy) is 1. The second-order valence-electron chi connectivity index (χ2n) is 6.51. The molecular weight excluding hydrogens is 356 g/mol. The normalized spacial score (nSPS) is 11.9. The van der Waals surface area contributed by atoms with Crippen LogP contribution in [0, 0.1) is 4.77 Å². The van der Waals surface area contributed by atoms with Crippen molar-refractivity contribution in [2.24, 2.45) is 0 Å². The summed E-state index contributed by atoms with van der Waals surface area (Å²) in [7, 11) is 3.82. The molecule has 0 aliphatic rings. The Labute approximate surface area is 165 Å². The van der Waals surface area contributed by atoms with Crippen LogP contribution in [0.15, 0.2) is 67.3 Å². The summed E-state index contributed by atoms with van der Waals surface area (Å²) in [6, 6.07) is 18.3. The minimum absolute atomic E-state index is 0.639. The van der Waals surface area contributed by atoms with E-state index in [1.165, 1.54) is 10.5 Å². The summed E-state index contributed by atoms with van der Waals surface area (Å²) < 4.78 is 9.86. The van der Waals surface area contributed by atoms with Crippen molar-refractivity contribution in [2.75, 3.05) is 14.2 Å². The molecule has 1 N–H and O–H groups in total. The van der Waals surface area contributed by atoms with Crippen LogP contribution >= 0.6 is 12.2 Å². The average Bonchev–Trinajstić information content (AvgIpc) is 2.99. The highest BCUT2D eigenvalue weighted by atomic mass is 32.1. The van der Waals surface area contributed by atoms with Gasteiger partial charge in [0, 0.05) is 17.7 Å². The fourth-order valence-corrected chi connectivity index (χ4v) is 3.31. The average molecular weight is 382 g/mol. The second kappa shape index (κ2) is 8.79. The maximum atomic E-state index is 5.68. The highest BCUT2D eigenvalue weighted by Crippen LogP contribution is 2.18. The van der Waals surface area contributed by atoms with Gasteiger partial charge in [-0.25, -0.2) is 0 Å². The van der Waals surface area contributed by atoms with Crippen LogP contribution in [0.2, 0.25) is 0 Å². The van der Waals surface area contributed by atoms with Crippen molar-refractivity contribution < 1.29 is 9.64 Å². The lowest BCUT2D eigenvalue weighted by Gasteiger charge is -2.14. The number of nitrogens with zero attached hydrogens (tertiary/aromatic N) is 3. The monoisotopic (exact) mass is 381 g/mol. The van der Waals surface area contributed by atoms with Crippen LogP contribution in [0.1, 0.15) is 5.56 Å². The van der Waals surface area contributed by atoms with Crippen LogP contribution in [-0.4, -0.2) is 28.5 Å². The first-order valence-corrected chi connectivity index (χ1v) is 9.31. The Hall–Kier alpha value is -2.70. The van der Waals surface area contributed by atoms with Crippen LogP contribution in [-0.2, 0) is 19.8 Å². The summed E-state index contributed by atoms with van der Waals surface area (Å²) in [4.78, 5) is 1.29. The van der Waals surface area contributed by atoms with Crippen molar-refractivity contribution in [3.8, 4) is 17.1 Å². The van der Waals surface area contributed by atoms with Gasteiger partial charge in [0.2, 0.25) is 4.77 Å². The molecule has 0 saturated carbocycles. The van der Waals surface area contributed by atoms with Crippen LogP contribution in [0.25, 0.3) is 11.4 Å². The van der Waals surface area contributed by atoms with E-state index in [9.17, 15) is 0 Å². The van der Waals surface area contributed by atoms with Gasteiger partial charge in [-0.2, -0.15) is 4.68 Å². The molecule has 0 fully saturated rings. The van der Waals surface area contributed by atoms with E-state index >= 15 is 0 Å². The van der Waals surface area contributed by atoms with Gasteiger partial charge in [0.1, 0.15) is 12.3 Å². The number of allylic oxidation sites excluding steroid dienone is 1. The molecule has 1 aromatic heterocycles. The first kappa shape index (κ1) is 19.1. The van der Waals surface area contributed by atoms with E-state index in [-0.39, 0.29) is 0 Å². The van der Waals surface area contributed by atoms with Gasteiger partial charge in [-0.05, 0) is 36.5 Å². The van der Waals surface area contributed by atoms with Crippen molar-refractivity contribution >= 4 is 12.2 Å². The third-order valence-corrected chi connectivity index (χ3v) is 4.78. The van der Waals surface area contributed by atoms with Crippen LogP contribution in [0.3, 0.4) is 0 Å². The molecule has 0 radical (unpaired) electrons. The fraction of sp³-hybridized carbons (Fsp3) is 0.238. The minimum atomic E-state index is 0.639. The maximum Gasteiger partial charge on any atom is 0.203 e. The number of benzene rings is 2. The molecule has 2 aromatic carbocycles. The number of aromatic nitrogens is 3. The van der Waals surface area contributed by atoms with Gasteiger partial charge in [-0.1, -0.05) is 36.4 Å². The molecule has 0 aliphatic heterocycles. The van der Waals surface area contributed by atoms with E-state index in [1.54, 1.807) is 7.11 Å². The van der Waals surface area contributed by atoms with Crippen LogP contribution in [0.5, 0.6) is 5.75 Å². The summed E-state index contributed by atoms with van der Waals surface area (Å²) in [5.41, 5.74) is 2.30. The number of rotatable bonds is 8. The maximum absolute atomic E-state index is 5.68. The quantitative estimate of drug-likeness (QED) is 0.481. The first-order valence-electron chi connectivity index (χ1n) is 8.90. The Morgan fingerprint density at radius 3 is 2.48 bits per heavy atom. The number of hydrogen-bond acceptors (Lipinski definition) is 3. The summed E-state index contributed by atoms with van der Waals surface area (Å²) >= 11 is 5.68. The molecule has 0 aliphatic carbocycles. The van der Waals surface area contributed by atoms with Gasteiger partial charge in [0.05, 0.1) is 14.2 Å². The van der Waals surface area contributed by atoms with E-state index in [0.717, 1.165) is 23.7 Å². The van der Waals surface area contributed by atoms with E-state index in [2.05, 4.69) is 37.9 Å². The molecule has 27 heavy (non-hydrogen) atoms. The Bertz CT molecular complexity index is 945. The van der Waals surface area contributed by atoms with Crippen molar-refractivity contribution in [1.29, 1.82) is 0 Å². The molecule has 1 atom stereocenters. The molecule has 0 spiro atoms. The van der Waals surface area contributed by atoms with E-state index in [0.29, 0.717) is 18.0 Å². The first-order chi connectivity index (χ1) is 13.1. The Morgan fingerprint density at radius 1 is 1.15 bits per heavy atom. The third-order valence-electron chi connectivity index (χ3n) is 4.35. The summed E-state index contributed by atoms with van der Waals surface area (Å²) in [5, 5.41) is 4.79. The standard InChI is InChI=1S/C21H24N4OS/c1-4-14-24-20(18-8-6-5-7-9-18)22-25(21(24)27)16-23(2)15-17-10-12-19(26-3)13-11-17/h4-13H,1,14-16H2,2-3H3/p+1. The van der Waals surface area contributed by atoms with Gasteiger partial charge in [0.15, 0.2) is 12.5 Å². The molecule has 1 heterocycles. The van der Waals surface area contributed by atoms with Crippen LogP contribution < -0.4 is 9.64 Å². The van der Waals surface area contributed by atoms with Gasteiger partial charge >= 0.3 is 0 Å². The lowest BCUT2D eigenvalue weighted by atomic mass is 10.2. The molecule has 0 saturated heterocycles. The second-order valence-corrected chi connectivity index (χ2v) is 6.88. The Balaban J connectivity index is 1.81. The van der Waals surface area contributed by atoms with Crippen molar-refractivity contribution in [1.82, 2.24) is 14.3 Å². The smallest absolute Gasteiger partial charge is 0.203 e. The number of hydrogen-bond donors (Lipinski definition) is 1. The SMILES string of the molecule is C=CCn1c(-c2ccccc2)nn(C[NH+](C)Cc2ccc(OC)cc2)c1=S. The fourth-order valence-electron chi connectivity index (χ4n) is 3.04. The predicted molar refractivity (Wildman–Crippen MR) is 110 cm³/mol. The number of quaternary nitrogens is 1. The molecule has 6 heteroatoms. The molecule has 3 aromatic rings. The largest absolute Gasteiger partial charge is 0.497 e. The number of methoxy groups -OCH3 is 1. The van der Waals surface area contributed by atoms with Crippen LogP contribution in [0.4, 0.5) is 0 Å². The molecule has 1 unspecified atom stereocenters. The topological polar surface area (TPSA) is 36.4 Å². The Morgan fingerprint density at radius 2 is 1.85 bits per heavy atom. The predicted octanol–water partition coefficient (Wildman–Crippen LogP) is 2.95. The zero-order chi connectivity index (χ0) is 19.2. The van der Waals surface area contributed by atoms with Gasteiger partial charge in [-0.3, -0.25) is 4.57 Å². The minimum Gasteiger partial charge on any atom is -0.497 e. The van der Waals surface area contributed by atoms with Gasteiger partial charge in [-0.15, -0.1) is 11.7 Å². The third kappa shape index (κ3) is 4.53. The molecule has 0 amide bonds. The van der Waals surface area contributed by atoms with Gasteiger partial charge < -0.3 is 9.64 Å². The molecule has 0 bridgehead atoms. The number of nitrogens with one attached hydrogen (secondary N) is 1. The zero-order valence-corrected chi connectivity index (χ0v) is 16.6. The summed E-state index contributed by atoms with van der Waals surface area (Å²) in [6.45, 7) is 6.06. The molecular formula is C21H25N4OS+. The summed E-state index contributed by atoms with van der Waals surface area (Å²) in [6.07, 6.45) is 1.85.